The third-order valence-electron chi connectivity index (χ3n) is 3.21. The Morgan fingerprint density at radius 1 is 1.25 bits per heavy atom. The summed E-state index contributed by atoms with van der Waals surface area (Å²) in [6, 6.07) is 5.79. The highest BCUT2D eigenvalue weighted by Crippen LogP contribution is 2.22. The second-order valence-corrected chi connectivity index (χ2v) is 6.37. The van der Waals surface area contributed by atoms with Gasteiger partial charge < -0.3 is 10.6 Å². The normalized spacial score (nSPS) is 10.9. The lowest BCUT2D eigenvalue weighted by atomic mass is 10.1. The average Bonchev–Trinajstić information content (AvgIpc) is 2.40. The molecule has 0 spiro atoms. The monoisotopic (exact) mass is 321 g/mol. The Kier molecular flexibility index (Phi) is 7.93. The Balaban J connectivity index is 0.00000361. The Hall–Kier alpha value is -0.980. The molecule has 0 saturated heterocycles. The van der Waals surface area contributed by atoms with Crippen molar-refractivity contribution in [3.8, 4) is 0 Å². The fourth-order valence-corrected chi connectivity index (χ4v) is 2.63. The van der Waals surface area contributed by atoms with E-state index in [4.69, 9.17) is 5.73 Å². The number of rotatable bonds is 7. The number of aryl methyl sites for hydroxylation is 1. The topological polar surface area (TPSA) is 75.4 Å². The molecule has 0 fully saturated rings. The van der Waals surface area contributed by atoms with Gasteiger partial charge in [-0.15, -0.1) is 12.4 Å². The molecule has 0 atom stereocenters. The summed E-state index contributed by atoms with van der Waals surface area (Å²) < 4.78 is 25.2. The summed E-state index contributed by atoms with van der Waals surface area (Å²) in [7, 11) is -1.78. The van der Waals surface area contributed by atoms with E-state index in [2.05, 4.69) is 23.5 Å². The summed E-state index contributed by atoms with van der Waals surface area (Å²) in [5, 5.41) is 0. The van der Waals surface area contributed by atoms with Crippen LogP contribution in [0.1, 0.15) is 19.4 Å². The molecule has 0 radical (unpaired) electrons. The van der Waals surface area contributed by atoms with Gasteiger partial charge in [-0.3, -0.25) is 0 Å². The lowest BCUT2D eigenvalue weighted by Gasteiger charge is -2.22. The van der Waals surface area contributed by atoms with Crippen molar-refractivity contribution in [1.29, 1.82) is 0 Å². The van der Waals surface area contributed by atoms with Crippen LogP contribution in [-0.2, 0) is 16.4 Å². The Morgan fingerprint density at radius 2 is 1.85 bits per heavy atom. The molecule has 1 rings (SSSR count). The molecule has 0 aliphatic rings. The minimum absolute atomic E-state index is 0. The van der Waals surface area contributed by atoms with Crippen LogP contribution in [0, 0.1) is 0 Å². The maximum absolute atomic E-state index is 11.5. The smallest absolute Gasteiger partial charge is 0.211 e. The first-order valence-electron chi connectivity index (χ1n) is 6.48. The Bertz CT molecular complexity index is 516. The summed E-state index contributed by atoms with van der Waals surface area (Å²) in [5.41, 5.74) is 8.51. The molecule has 0 aliphatic heterocycles. The standard InChI is InChI=1S/C13H23N3O2S.ClH/c1-4-16(5-2)12-6-7-13(14)11(10-12)8-9-19(17,18)15-3;/h6-7,10,15H,4-5,8-9,14H2,1-3H3;1H. The number of nitrogen functional groups attached to an aromatic ring is 1. The van der Waals surface area contributed by atoms with Crippen molar-refractivity contribution in [2.45, 2.75) is 20.3 Å². The van der Waals surface area contributed by atoms with Crippen LogP contribution in [0.4, 0.5) is 11.4 Å². The molecule has 0 unspecified atom stereocenters. The summed E-state index contributed by atoms with van der Waals surface area (Å²) in [6.45, 7) is 6.00. The third-order valence-corrected chi connectivity index (χ3v) is 4.57. The van der Waals surface area contributed by atoms with E-state index in [1.165, 1.54) is 7.05 Å². The Labute approximate surface area is 128 Å². The minimum Gasteiger partial charge on any atom is -0.399 e. The first kappa shape index (κ1) is 19.0. The molecule has 0 aromatic heterocycles. The molecule has 1 aromatic carbocycles. The first-order chi connectivity index (χ1) is 8.93. The summed E-state index contributed by atoms with van der Waals surface area (Å²) in [4.78, 5) is 2.20. The zero-order chi connectivity index (χ0) is 14.5. The van der Waals surface area contributed by atoms with Crippen LogP contribution in [0.2, 0.25) is 0 Å². The van der Waals surface area contributed by atoms with Gasteiger partial charge in [0.15, 0.2) is 0 Å². The largest absolute Gasteiger partial charge is 0.399 e. The van der Waals surface area contributed by atoms with Gasteiger partial charge in [-0.25, -0.2) is 13.1 Å². The van der Waals surface area contributed by atoms with E-state index in [0.717, 1.165) is 24.3 Å². The molecule has 1 aromatic rings. The van der Waals surface area contributed by atoms with Crippen LogP contribution in [0.3, 0.4) is 0 Å². The third kappa shape index (κ3) is 5.19. The SMILES string of the molecule is CCN(CC)c1ccc(N)c(CCS(=O)(=O)NC)c1.Cl. The van der Waals surface area contributed by atoms with Crippen LogP contribution in [0.5, 0.6) is 0 Å². The van der Waals surface area contributed by atoms with Gasteiger partial charge in [0.2, 0.25) is 10.0 Å². The number of anilines is 2. The van der Waals surface area contributed by atoms with Crippen LogP contribution >= 0.6 is 12.4 Å². The van der Waals surface area contributed by atoms with Gasteiger partial charge in [0.1, 0.15) is 0 Å². The predicted molar refractivity (Wildman–Crippen MR) is 88.2 cm³/mol. The molecule has 0 bridgehead atoms. The fourth-order valence-electron chi connectivity index (χ4n) is 1.94. The van der Waals surface area contributed by atoms with Gasteiger partial charge in [-0.1, -0.05) is 0 Å². The van der Waals surface area contributed by atoms with Gasteiger partial charge >= 0.3 is 0 Å². The van der Waals surface area contributed by atoms with Crippen molar-refractivity contribution in [2.24, 2.45) is 0 Å². The molecule has 3 N–H and O–H groups in total. The van der Waals surface area contributed by atoms with Gasteiger partial charge in [-0.05, 0) is 51.1 Å². The number of nitrogens with one attached hydrogen (secondary N) is 1. The van der Waals surface area contributed by atoms with Crippen molar-refractivity contribution in [2.75, 3.05) is 36.5 Å². The minimum atomic E-state index is -3.20. The molecule has 7 heteroatoms. The van der Waals surface area contributed by atoms with Crippen molar-refractivity contribution < 1.29 is 8.42 Å². The lowest BCUT2D eigenvalue weighted by Crippen LogP contribution is -2.24. The highest BCUT2D eigenvalue weighted by atomic mass is 35.5. The highest BCUT2D eigenvalue weighted by molar-refractivity contribution is 7.89. The lowest BCUT2D eigenvalue weighted by molar-refractivity contribution is 0.587. The van der Waals surface area contributed by atoms with Crippen molar-refractivity contribution in [3.63, 3.8) is 0 Å². The number of hydrogen-bond acceptors (Lipinski definition) is 4. The molecule has 20 heavy (non-hydrogen) atoms. The fraction of sp³-hybridized carbons (Fsp3) is 0.538. The average molecular weight is 322 g/mol. The summed E-state index contributed by atoms with van der Waals surface area (Å²) >= 11 is 0. The number of hydrogen-bond donors (Lipinski definition) is 2. The zero-order valence-corrected chi connectivity index (χ0v) is 13.9. The van der Waals surface area contributed by atoms with Crippen LogP contribution < -0.4 is 15.4 Å². The molecular weight excluding hydrogens is 298 g/mol. The van der Waals surface area contributed by atoms with Crippen LogP contribution in [0.15, 0.2) is 18.2 Å². The van der Waals surface area contributed by atoms with Crippen LogP contribution in [0.25, 0.3) is 0 Å². The molecule has 0 amide bonds. The Morgan fingerprint density at radius 3 is 2.35 bits per heavy atom. The molecule has 116 valence electrons. The first-order valence-corrected chi connectivity index (χ1v) is 8.13. The number of halogens is 1. The number of sulfonamides is 1. The van der Waals surface area contributed by atoms with E-state index >= 15 is 0 Å². The highest BCUT2D eigenvalue weighted by Gasteiger charge is 2.10. The van der Waals surface area contributed by atoms with Gasteiger partial charge in [-0.2, -0.15) is 0 Å². The predicted octanol–water partition coefficient (Wildman–Crippen LogP) is 1.63. The molecular formula is C13H24ClN3O2S. The number of nitrogens with two attached hydrogens (primary N) is 1. The summed E-state index contributed by atoms with van der Waals surface area (Å²) in [6.07, 6.45) is 0.421. The van der Waals surface area contributed by atoms with E-state index in [9.17, 15) is 8.42 Å². The van der Waals surface area contributed by atoms with Gasteiger partial charge in [0.25, 0.3) is 0 Å². The molecule has 0 heterocycles. The maximum Gasteiger partial charge on any atom is 0.211 e. The van der Waals surface area contributed by atoms with Gasteiger partial charge in [0, 0.05) is 24.5 Å². The summed E-state index contributed by atoms with van der Waals surface area (Å²) in [5.74, 6) is 0.0510. The quantitative estimate of drug-likeness (QED) is 0.748. The maximum atomic E-state index is 11.5. The van der Waals surface area contributed by atoms with Crippen molar-refractivity contribution in [3.05, 3.63) is 23.8 Å². The van der Waals surface area contributed by atoms with E-state index in [1.807, 2.05) is 18.2 Å². The van der Waals surface area contributed by atoms with Crippen molar-refractivity contribution in [1.82, 2.24) is 4.72 Å². The number of nitrogens with zero attached hydrogens (tertiary/aromatic N) is 1. The van der Waals surface area contributed by atoms with Crippen molar-refractivity contribution >= 4 is 33.8 Å². The zero-order valence-electron chi connectivity index (χ0n) is 12.2. The van der Waals surface area contributed by atoms with Crippen LogP contribution in [-0.4, -0.2) is 34.3 Å². The van der Waals surface area contributed by atoms with E-state index < -0.39 is 10.0 Å². The molecule has 5 nitrogen and oxygen atoms in total. The number of benzene rings is 1. The van der Waals surface area contributed by atoms with E-state index in [-0.39, 0.29) is 18.2 Å². The second kappa shape index (κ2) is 8.34. The van der Waals surface area contributed by atoms with E-state index in [1.54, 1.807) is 0 Å². The van der Waals surface area contributed by atoms with Gasteiger partial charge in [0.05, 0.1) is 5.75 Å². The molecule has 0 saturated carbocycles. The molecule has 0 aliphatic carbocycles. The van der Waals surface area contributed by atoms with E-state index in [0.29, 0.717) is 12.1 Å². The second-order valence-electron chi connectivity index (χ2n) is 4.33.